The highest BCUT2D eigenvalue weighted by molar-refractivity contribution is 7.20. The topological polar surface area (TPSA) is 51.7 Å². The van der Waals surface area contributed by atoms with E-state index in [9.17, 15) is 4.79 Å². The Bertz CT molecular complexity index is 934. The molecule has 0 bridgehead atoms. The summed E-state index contributed by atoms with van der Waals surface area (Å²) in [6.45, 7) is 1.26. The Kier molecular flexibility index (Phi) is 5.18. The number of thiazole rings is 1. The number of para-hydroxylation sites is 1. The van der Waals surface area contributed by atoms with Gasteiger partial charge in [0.25, 0.3) is 11.1 Å². The molecule has 0 aliphatic carbocycles. The van der Waals surface area contributed by atoms with Gasteiger partial charge in [0.15, 0.2) is 0 Å². The average Bonchev–Trinajstić information content (AvgIpc) is 3.10. The number of halogens is 1. The Hall–Kier alpha value is -2.31. The fourth-order valence-corrected chi connectivity index (χ4v) is 4.29. The minimum Gasteiger partial charge on any atom is -0.496 e. The van der Waals surface area contributed by atoms with Gasteiger partial charge in [0, 0.05) is 31.0 Å². The fourth-order valence-electron chi connectivity index (χ4n) is 3.24. The summed E-state index contributed by atoms with van der Waals surface area (Å²) >= 11 is 7.61. The molecule has 1 saturated heterocycles. The van der Waals surface area contributed by atoms with Gasteiger partial charge in [-0.15, -0.1) is 0 Å². The molecule has 3 aromatic rings. The van der Waals surface area contributed by atoms with Crippen molar-refractivity contribution in [3.63, 3.8) is 0 Å². The van der Waals surface area contributed by atoms with Crippen molar-refractivity contribution in [2.45, 2.75) is 18.9 Å². The van der Waals surface area contributed by atoms with Crippen LogP contribution in [0.4, 0.5) is 0 Å². The van der Waals surface area contributed by atoms with Crippen LogP contribution in [0.5, 0.6) is 10.9 Å². The lowest BCUT2D eigenvalue weighted by atomic mass is 10.1. The summed E-state index contributed by atoms with van der Waals surface area (Å²) < 4.78 is 12.5. The first-order valence-corrected chi connectivity index (χ1v) is 9.98. The van der Waals surface area contributed by atoms with Crippen molar-refractivity contribution in [3.8, 4) is 10.9 Å². The molecule has 7 heteroatoms. The van der Waals surface area contributed by atoms with Crippen LogP contribution >= 0.6 is 22.9 Å². The molecule has 1 aliphatic rings. The monoisotopic (exact) mass is 402 g/mol. The van der Waals surface area contributed by atoms with E-state index in [2.05, 4.69) is 4.98 Å². The molecule has 1 amide bonds. The zero-order valence-corrected chi connectivity index (χ0v) is 16.4. The number of nitrogens with zero attached hydrogens (tertiary/aromatic N) is 2. The minimum absolute atomic E-state index is 0.0622. The number of piperidine rings is 1. The number of ether oxygens (including phenoxy) is 2. The third-order valence-electron chi connectivity index (χ3n) is 4.66. The highest BCUT2D eigenvalue weighted by atomic mass is 35.5. The Morgan fingerprint density at radius 3 is 2.74 bits per heavy atom. The van der Waals surface area contributed by atoms with E-state index in [4.69, 9.17) is 21.1 Å². The third-order valence-corrected chi connectivity index (χ3v) is 5.83. The summed E-state index contributed by atoms with van der Waals surface area (Å²) in [6, 6.07) is 13.1. The lowest BCUT2D eigenvalue weighted by Gasteiger charge is -2.32. The van der Waals surface area contributed by atoms with Gasteiger partial charge in [-0.1, -0.05) is 35.1 Å². The smallest absolute Gasteiger partial charge is 0.274 e. The zero-order chi connectivity index (χ0) is 18.8. The number of rotatable bonds is 4. The van der Waals surface area contributed by atoms with Crippen LogP contribution in [-0.2, 0) is 0 Å². The van der Waals surface area contributed by atoms with Gasteiger partial charge in [-0.3, -0.25) is 4.79 Å². The second kappa shape index (κ2) is 7.74. The third kappa shape index (κ3) is 3.87. The maximum atomic E-state index is 12.9. The predicted octanol–water partition coefficient (Wildman–Crippen LogP) is 4.64. The van der Waals surface area contributed by atoms with Gasteiger partial charge < -0.3 is 14.4 Å². The first-order valence-electron chi connectivity index (χ1n) is 8.79. The lowest BCUT2D eigenvalue weighted by molar-refractivity contribution is 0.0592. The van der Waals surface area contributed by atoms with Crippen LogP contribution < -0.4 is 9.47 Å². The first kappa shape index (κ1) is 18.1. The van der Waals surface area contributed by atoms with Crippen LogP contribution in [0, 0.1) is 0 Å². The number of benzene rings is 2. The zero-order valence-electron chi connectivity index (χ0n) is 14.9. The number of hydrogen-bond acceptors (Lipinski definition) is 5. The van der Waals surface area contributed by atoms with E-state index < -0.39 is 0 Å². The molecule has 0 spiro atoms. The summed E-state index contributed by atoms with van der Waals surface area (Å²) in [6.07, 6.45) is 1.60. The molecule has 1 aliphatic heterocycles. The highest BCUT2D eigenvalue weighted by Crippen LogP contribution is 2.30. The summed E-state index contributed by atoms with van der Waals surface area (Å²) in [5, 5.41) is 1.21. The van der Waals surface area contributed by atoms with E-state index in [-0.39, 0.29) is 12.0 Å². The standard InChI is InChI=1S/C20H19ClN2O3S/c1-25-17-7-6-13(21)12-15(17)19(24)23-10-8-14(9-11-23)26-20-22-16-4-2-3-5-18(16)27-20/h2-7,12,14H,8-11H2,1H3. The molecule has 0 unspecified atom stereocenters. The maximum absolute atomic E-state index is 12.9. The van der Waals surface area contributed by atoms with Crippen molar-refractivity contribution in [3.05, 3.63) is 53.1 Å². The van der Waals surface area contributed by atoms with Gasteiger partial charge in [0.1, 0.15) is 11.9 Å². The molecule has 0 atom stereocenters. The molecule has 1 fully saturated rings. The highest BCUT2D eigenvalue weighted by Gasteiger charge is 2.27. The molecular weight excluding hydrogens is 384 g/mol. The number of carbonyl (C=O) groups excluding carboxylic acids is 1. The summed E-state index contributed by atoms with van der Waals surface area (Å²) in [5.74, 6) is 0.477. The molecule has 1 aromatic heterocycles. The van der Waals surface area contributed by atoms with Gasteiger partial charge in [0.05, 0.1) is 22.9 Å². The minimum atomic E-state index is -0.0622. The SMILES string of the molecule is COc1ccc(Cl)cc1C(=O)N1CCC(Oc2nc3ccccc3s2)CC1. The van der Waals surface area contributed by atoms with Gasteiger partial charge in [0.2, 0.25) is 0 Å². The van der Waals surface area contributed by atoms with E-state index in [0.29, 0.717) is 34.6 Å². The van der Waals surface area contributed by atoms with E-state index in [1.54, 1.807) is 36.6 Å². The average molecular weight is 403 g/mol. The van der Waals surface area contributed by atoms with Crippen LogP contribution in [0.25, 0.3) is 10.2 Å². The van der Waals surface area contributed by atoms with Crippen molar-refractivity contribution < 1.29 is 14.3 Å². The molecular formula is C20H19ClN2O3S. The van der Waals surface area contributed by atoms with Crippen LogP contribution in [0.15, 0.2) is 42.5 Å². The van der Waals surface area contributed by atoms with Crippen molar-refractivity contribution >= 4 is 39.1 Å². The molecule has 2 heterocycles. The van der Waals surface area contributed by atoms with E-state index in [1.807, 2.05) is 29.2 Å². The van der Waals surface area contributed by atoms with Crippen LogP contribution in [-0.4, -0.2) is 42.1 Å². The molecule has 27 heavy (non-hydrogen) atoms. The van der Waals surface area contributed by atoms with Crippen LogP contribution in [0.1, 0.15) is 23.2 Å². The largest absolute Gasteiger partial charge is 0.496 e. The molecule has 0 N–H and O–H groups in total. The number of amides is 1. The number of hydrogen-bond donors (Lipinski definition) is 0. The molecule has 140 valence electrons. The molecule has 5 nitrogen and oxygen atoms in total. The number of likely N-dealkylation sites (tertiary alicyclic amines) is 1. The van der Waals surface area contributed by atoms with E-state index >= 15 is 0 Å². The molecule has 2 aromatic carbocycles. The fraction of sp³-hybridized carbons (Fsp3) is 0.300. The Labute approximate surface area is 166 Å². The van der Waals surface area contributed by atoms with Crippen molar-refractivity contribution in [2.75, 3.05) is 20.2 Å². The maximum Gasteiger partial charge on any atom is 0.274 e. The number of fused-ring (bicyclic) bond motifs is 1. The van der Waals surface area contributed by atoms with E-state index in [1.165, 1.54) is 0 Å². The lowest BCUT2D eigenvalue weighted by Crippen LogP contribution is -2.41. The van der Waals surface area contributed by atoms with Crippen LogP contribution in [0.2, 0.25) is 5.02 Å². The quantitative estimate of drug-likeness (QED) is 0.637. The molecule has 4 rings (SSSR count). The Morgan fingerprint density at radius 2 is 2.00 bits per heavy atom. The molecule has 0 radical (unpaired) electrons. The second-order valence-electron chi connectivity index (χ2n) is 6.40. The number of methoxy groups -OCH3 is 1. The second-order valence-corrected chi connectivity index (χ2v) is 7.83. The number of aromatic nitrogens is 1. The Balaban J connectivity index is 1.40. The first-order chi connectivity index (χ1) is 13.1. The number of carbonyl (C=O) groups is 1. The summed E-state index contributed by atoms with van der Waals surface area (Å²) in [7, 11) is 1.55. The Morgan fingerprint density at radius 1 is 1.22 bits per heavy atom. The summed E-state index contributed by atoms with van der Waals surface area (Å²) in [4.78, 5) is 19.2. The van der Waals surface area contributed by atoms with Gasteiger partial charge in [-0.25, -0.2) is 4.98 Å². The predicted molar refractivity (Wildman–Crippen MR) is 107 cm³/mol. The normalized spacial score (nSPS) is 15.1. The van der Waals surface area contributed by atoms with Gasteiger partial charge in [-0.2, -0.15) is 0 Å². The van der Waals surface area contributed by atoms with Gasteiger partial charge >= 0.3 is 0 Å². The van der Waals surface area contributed by atoms with Crippen molar-refractivity contribution in [2.24, 2.45) is 0 Å². The van der Waals surface area contributed by atoms with Crippen molar-refractivity contribution in [1.29, 1.82) is 0 Å². The van der Waals surface area contributed by atoms with Gasteiger partial charge in [-0.05, 0) is 30.3 Å². The summed E-state index contributed by atoms with van der Waals surface area (Å²) in [5.41, 5.74) is 1.45. The van der Waals surface area contributed by atoms with E-state index in [0.717, 1.165) is 23.1 Å². The molecule has 0 saturated carbocycles. The van der Waals surface area contributed by atoms with Crippen molar-refractivity contribution in [1.82, 2.24) is 9.88 Å². The van der Waals surface area contributed by atoms with Crippen LogP contribution in [0.3, 0.4) is 0 Å².